The Morgan fingerprint density at radius 2 is 1.62 bits per heavy atom. The second-order valence-corrected chi connectivity index (χ2v) is 12.4. The van der Waals surface area contributed by atoms with E-state index in [0.717, 1.165) is 47.9 Å². The van der Waals surface area contributed by atoms with Gasteiger partial charge in [0, 0.05) is 24.0 Å². The largest absolute Gasteiger partial charge is 0.352 e. The molecular formula is C30H33ClFN3O4S. The van der Waals surface area contributed by atoms with Gasteiger partial charge in [-0.25, -0.2) is 12.8 Å². The van der Waals surface area contributed by atoms with Crippen molar-refractivity contribution in [3.05, 3.63) is 101 Å². The van der Waals surface area contributed by atoms with Crippen LogP contribution >= 0.6 is 11.6 Å². The van der Waals surface area contributed by atoms with Crippen molar-refractivity contribution in [3.63, 3.8) is 0 Å². The standard InChI is InChI=1S/C30H33ClFN3O4S/c1-40(38,39)35(27-17-8-7-16-26(27)32)21-29(36)34(20-23-12-9-13-24(31)18-23)28(19-22-10-3-2-4-11-22)30(37)33-25-14-5-6-15-25/h2-4,7-13,16-18,25,28H,5-6,14-15,19-21H2,1H3,(H,33,37). The summed E-state index contributed by atoms with van der Waals surface area (Å²) in [6, 6.07) is 20.7. The molecule has 3 aromatic carbocycles. The summed E-state index contributed by atoms with van der Waals surface area (Å²) in [6.07, 6.45) is 4.89. The van der Waals surface area contributed by atoms with E-state index in [1.807, 2.05) is 30.3 Å². The topological polar surface area (TPSA) is 86.8 Å². The van der Waals surface area contributed by atoms with Crippen LogP contribution in [0.1, 0.15) is 36.8 Å². The molecule has 4 rings (SSSR count). The molecule has 1 saturated carbocycles. The van der Waals surface area contributed by atoms with Gasteiger partial charge >= 0.3 is 0 Å². The molecule has 1 fully saturated rings. The van der Waals surface area contributed by atoms with Gasteiger partial charge in [0.25, 0.3) is 0 Å². The van der Waals surface area contributed by atoms with Crippen LogP contribution in [0, 0.1) is 5.82 Å². The van der Waals surface area contributed by atoms with Crippen molar-refractivity contribution in [2.75, 3.05) is 17.1 Å². The maximum Gasteiger partial charge on any atom is 0.244 e. The lowest BCUT2D eigenvalue weighted by Gasteiger charge is -2.34. The average molecular weight is 586 g/mol. The zero-order chi connectivity index (χ0) is 28.7. The minimum absolute atomic E-state index is 0.00382. The van der Waals surface area contributed by atoms with Crippen molar-refractivity contribution in [1.29, 1.82) is 0 Å². The molecule has 0 spiro atoms. The number of hydrogen-bond donors (Lipinski definition) is 1. The fourth-order valence-electron chi connectivity index (χ4n) is 5.00. The Labute approximate surface area is 240 Å². The van der Waals surface area contributed by atoms with E-state index in [1.165, 1.54) is 23.1 Å². The molecule has 1 N–H and O–H groups in total. The first kappa shape index (κ1) is 29.6. The van der Waals surface area contributed by atoms with Crippen molar-refractivity contribution in [2.24, 2.45) is 0 Å². The molecule has 7 nitrogen and oxygen atoms in total. The Morgan fingerprint density at radius 3 is 2.27 bits per heavy atom. The summed E-state index contributed by atoms with van der Waals surface area (Å²) in [5, 5.41) is 3.57. The molecule has 0 heterocycles. The molecule has 1 aliphatic rings. The van der Waals surface area contributed by atoms with Gasteiger partial charge in [-0.3, -0.25) is 13.9 Å². The SMILES string of the molecule is CS(=O)(=O)N(CC(=O)N(Cc1cccc(Cl)c1)C(Cc1ccccc1)C(=O)NC1CCCC1)c1ccccc1F. The zero-order valence-electron chi connectivity index (χ0n) is 22.3. The van der Waals surface area contributed by atoms with Crippen LogP contribution in [0.2, 0.25) is 5.02 Å². The van der Waals surface area contributed by atoms with Gasteiger partial charge in [0.15, 0.2) is 0 Å². The highest BCUT2D eigenvalue weighted by Gasteiger charge is 2.34. The van der Waals surface area contributed by atoms with Crippen molar-refractivity contribution >= 4 is 39.1 Å². The number of sulfonamides is 1. The lowest BCUT2D eigenvalue weighted by molar-refractivity contribution is -0.140. The molecule has 0 aliphatic heterocycles. The lowest BCUT2D eigenvalue weighted by Crippen LogP contribution is -2.54. The Kier molecular flexibility index (Phi) is 9.81. The van der Waals surface area contributed by atoms with E-state index in [9.17, 15) is 22.4 Å². The highest BCUT2D eigenvalue weighted by Crippen LogP contribution is 2.24. The summed E-state index contributed by atoms with van der Waals surface area (Å²) in [5.74, 6) is -1.74. The van der Waals surface area contributed by atoms with Crippen LogP contribution in [0.15, 0.2) is 78.9 Å². The third kappa shape index (κ3) is 7.82. The average Bonchev–Trinajstić information content (AvgIpc) is 3.43. The van der Waals surface area contributed by atoms with Crippen LogP contribution in [0.5, 0.6) is 0 Å². The van der Waals surface area contributed by atoms with E-state index in [2.05, 4.69) is 5.32 Å². The smallest absolute Gasteiger partial charge is 0.244 e. The molecule has 0 aromatic heterocycles. The molecule has 212 valence electrons. The van der Waals surface area contributed by atoms with Gasteiger partial charge < -0.3 is 10.2 Å². The van der Waals surface area contributed by atoms with E-state index in [-0.39, 0.29) is 30.6 Å². The summed E-state index contributed by atoms with van der Waals surface area (Å²) >= 11 is 6.22. The Balaban J connectivity index is 1.73. The Hall–Kier alpha value is -3.43. The molecule has 3 aromatic rings. The number of hydrogen-bond acceptors (Lipinski definition) is 4. The van der Waals surface area contributed by atoms with Gasteiger partial charge in [0.1, 0.15) is 18.4 Å². The first-order valence-electron chi connectivity index (χ1n) is 13.2. The number of nitrogens with zero attached hydrogens (tertiary/aromatic N) is 2. The van der Waals surface area contributed by atoms with Crippen LogP contribution in [0.4, 0.5) is 10.1 Å². The number of carbonyl (C=O) groups excluding carboxylic acids is 2. The van der Waals surface area contributed by atoms with Gasteiger partial charge in [0.05, 0.1) is 11.9 Å². The number of nitrogens with one attached hydrogen (secondary N) is 1. The van der Waals surface area contributed by atoms with Crippen molar-refractivity contribution in [3.8, 4) is 0 Å². The van der Waals surface area contributed by atoms with E-state index >= 15 is 0 Å². The zero-order valence-corrected chi connectivity index (χ0v) is 23.9. The summed E-state index contributed by atoms with van der Waals surface area (Å²) < 4.78 is 41.0. The van der Waals surface area contributed by atoms with Gasteiger partial charge in [-0.05, 0) is 48.2 Å². The first-order chi connectivity index (χ1) is 19.1. The molecule has 2 amide bonds. The first-order valence-corrected chi connectivity index (χ1v) is 15.4. The van der Waals surface area contributed by atoms with Crippen LogP contribution in [-0.4, -0.2) is 50.0 Å². The van der Waals surface area contributed by atoms with Crippen molar-refractivity contribution < 1.29 is 22.4 Å². The predicted octanol–water partition coefficient (Wildman–Crippen LogP) is 4.94. The lowest BCUT2D eigenvalue weighted by atomic mass is 10.0. The highest BCUT2D eigenvalue weighted by atomic mass is 35.5. The fraction of sp³-hybridized carbons (Fsp3) is 0.333. The second kappa shape index (κ2) is 13.3. The van der Waals surface area contributed by atoms with Crippen molar-refractivity contribution in [1.82, 2.24) is 10.2 Å². The molecule has 0 saturated heterocycles. The number of rotatable bonds is 11. The number of para-hydroxylation sites is 1. The Morgan fingerprint density at radius 1 is 0.975 bits per heavy atom. The molecule has 10 heteroatoms. The third-order valence-corrected chi connectivity index (χ3v) is 8.38. The van der Waals surface area contributed by atoms with Gasteiger partial charge in [-0.15, -0.1) is 0 Å². The second-order valence-electron chi connectivity index (χ2n) is 10.1. The van der Waals surface area contributed by atoms with Crippen LogP contribution in [0.25, 0.3) is 0 Å². The van der Waals surface area contributed by atoms with Crippen LogP contribution in [-0.2, 0) is 32.6 Å². The number of anilines is 1. The number of carbonyl (C=O) groups is 2. The van der Waals surface area contributed by atoms with Crippen LogP contribution in [0.3, 0.4) is 0 Å². The summed E-state index contributed by atoms with van der Waals surface area (Å²) in [4.78, 5) is 29.2. The minimum Gasteiger partial charge on any atom is -0.352 e. The summed E-state index contributed by atoms with van der Waals surface area (Å²) in [5.41, 5.74) is 1.27. The van der Waals surface area contributed by atoms with Gasteiger partial charge in [-0.2, -0.15) is 0 Å². The van der Waals surface area contributed by atoms with Crippen LogP contribution < -0.4 is 9.62 Å². The number of amides is 2. The molecule has 1 atom stereocenters. The highest BCUT2D eigenvalue weighted by molar-refractivity contribution is 7.92. The van der Waals surface area contributed by atoms with Gasteiger partial charge in [-0.1, -0.05) is 79.0 Å². The normalized spacial score (nSPS) is 14.5. The maximum atomic E-state index is 14.7. The minimum atomic E-state index is -4.05. The number of halogens is 2. The molecule has 0 bridgehead atoms. The molecule has 0 radical (unpaired) electrons. The predicted molar refractivity (Wildman–Crippen MR) is 155 cm³/mol. The summed E-state index contributed by atoms with van der Waals surface area (Å²) in [7, 11) is -4.05. The molecule has 40 heavy (non-hydrogen) atoms. The van der Waals surface area contributed by atoms with E-state index in [0.29, 0.717) is 10.6 Å². The fourth-order valence-corrected chi connectivity index (χ4v) is 6.07. The molecule has 1 aliphatic carbocycles. The monoisotopic (exact) mass is 585 g/mol. The van der Waals surface area contributed by atoms with E-state index < -0.39 is 34.3 Å². The molecular weight excluding hydrogens is 553 g/mol. The Bertz CT molecular complexity index is 1430. The maximum absolute atomic E-state index is 14.7. The quantitative estimate of drug-likeness (QED) is 0.345. The van der Waals surface area contributed by atoms with Gasteiger partial charge in [0.2, 0.25) is 21.8 Å². The number of benzene rings is 3. The van der Waals surface area contributed by atoms with E-state index in [1.54, 1.807) is 24.3 Å². The third-order valence-electron chi connectivity index (χ3n) is 7.01. The van der Waals surface area contributed by atoms with Crippen molar-refractivity contribution in [2.45, 2.75) is 50.7 Å². The molecule has 1 unspecified atom stereocenters. The summed E-state index contributed by atoms with van der Waals surface area (Å²) in [6.45, 7) is -0.674. The van der Waals surface area contributed by atoms with E-state index in [4.69, 9.17) is 11.6 Å².